The van der Waals surface area contributed by atoms with Gasteiger partial charge in [0.2, 0.25) is 0 Å². The highest BCUT2D eigenvalue weighted by Gasteiger charge is 2.77. The van der Waals surface area contributed by atoms with E-state index in [0.29, 0.717) is 17.2 Å². The Kier molecular flexibility index (Phi) is 5.24. The smallest absolute Gasteiger partial charge is 0.403 e. The predicted molar refractivity (Wildman–Crippen MR) is 147 cm³/mol. The third kappa shape index (κ3) is 3.13. The first-order chi connectivity index (χ1) is 18.7. The molecule has 2 aliphatic heterocycles. The minimum Gasteiger partial charge on any atom is -0.447 e. The summed E-state index contributed by atoms with van der Waals surface area (Å²) in [4.78, 5) is 28.7. The monoisotopic (exact) mass is 547 g/mol. The maximum Gasteiger partial charge on any atom is 0.403 e. The van der Waals surface area contributed by atoms with Crippen LogP contribution in [0, 0.1) is 40.4 Å². The number of hydrazone groups is 1. The summed E-state index contributed by atoms with van der Waals surface area (Å²) in [5, 5.41) is 17.7. The van der Waals surface area contributed by atoms with Gasteiger partial charge < -0.3 is 19.3 Å². The number of fused-ring (bicyclic) bond motifs is 6. The average Bonchev–Trinajstić information content (AvgIpc) is 3.18. The topological polar surface area (TPSA) is 97.4 Å². The third-order valence-electron chi connectivity index (χ3n) is 11.0. The Morgan fingerprint density at radius 1 is 1.23 bits per heavy atom. The van der Waals surface area contributed by atoms with Gasteiger partial charge in [0.05, 0.1) is 12.0 Å². The van der Waals surface area contributed by atoms with Crippen LogP contribution in [0.2, 0.25) is 0 Å². The number of hydrogen-bond acceptors (Lipinski definition) is 7. The number of nitrogens with zero attached hydrogens (tertiary/aromatic N) is 2. The highest BCUT2D eigenvalue weighted by atomic mass is 16.7. The standard InChI is InChI=1S/C32H39N2O6/c1-16-14-31-17(2)12-21-23(29(21,3)4)20(25(31)35)13-18-15-38-30(5,6)40-27(18)32(31,37)26(16)39-28(36)24-19-10-8-9-11-22(19)33-34(24)7/h8-11,13-14,17,19-21,23,26-27,37H,12,15H2,1-7H3/q+1/t17-,19?,20+,21-,23+,26+,27-,31+,32-/m1/s1. The maximum absolute atomic E-state index is 14.8. The van der Waals surface area contributed by atoms with Crippen molar-refractivity contribution in [2.45, 2.75) is 71.6 Å². The van der Waals surface area contributed by atoms with Gasteiger partial charge in [-0.15, -0.1) is 0 Å². The summed E-state index contributed by atoms with van der Waals surface area (Å²) in [5.74, 6) is -1.88. The van der Waals surface area contributed by atoms with Gasteiger partial charge in [-0.05, 0) is 72.7 Å². The van der Waals surface area contributed by atoms with Crippen molar-refractivity contribution in [2.24, 2.45) is 45.5 Å². The molecular formula is C32H39N2O6+. The highest BCUT2D eigenvalue weighted by Crippen LogP contribution is 2.72. The van der Waals surface area contributed by atoms with Gasteiger partial charge in [-0.1, -0.05) is 55.8 Å². The van der Waals surface area contributed by atoms with Gasteiger partial charge in [0.15, 0.2) is 30.3 Å². The number of ether oxygens (including phenoxy) is 3. The van der Waals surface area contributed by atoms with Crippen LogP contribution >= 0.6 is 0 Å². The van der Waals surface area contributed by atoms with Crippen LogP contribution in [-0.2, 0) is 23.8 Å². The van der Waals surface area contributed by atoms with Crippen LogP contribution in [0.3, 0.4) is 0 Å². The largest absolute Gasteiger partial charge is 0.447 e. The molecule has 5 aliphatic carbocycles. The SMILES string of the molecule is CC1=C[C@]23C(=O)[C@@H](C=C4COC(C)(C)O[C@H]4[C@]2(O)[C@H]1OC(=O)C1=[N+](C)N=C2C=CC=CC21)[C@H]1[C@@H](C[C@H]3C)C1(C)C. The quantitative estimate of drug-likeness (QED) is 0.324. The number of Topliss-reactive ketones (excluding diaryl/α,β-unsaturated/α-hetero) is 1. The second-order valence-corrected chi connectivity index (χ2v) is 13.9. The molecule has 0 radical (unpaired) electrons. The molecule has 2 heterocycles. The van der Waals surface area contributed by atoms with Gasteiger partial charge in [0, 0.05) is 5.92 Å². The zero-order chi connectivity index (χ0) is 28.6. The summed E-state index contributed by atoms with van der Waals surface area (Å²) in [7, 11) is 1.73. The molecule has 0 amide bonds. The molecule has 7 aliphatic rings. The van der Waals surface area contributed by atoms with Gasteiger partial charge in [0.1, 0.15) is 17.7 Å². The second kappa shape index (κ2) is 7.99. The van der Waals surface area contributed by atoms with Crippen molar-refractivity contribution in [3.8, 4) is 0 Å². The van der Waals surface area contributed by atoms with E-state index in [4.69, 9.17) is 14.2 Å². The Hall–Kier alpha value is -2.68. The number of hydrogen-bond donors (Lipinski definition) is 1. The highest BCUT2D eigenvalue weighted by molar-refractivity contribution is 6.41. The predicted octanol–water partition coefficient (Wildman–Crippen LogP) is 3.36. The van der Waals surface area contributed by atoms with Crippen molar-refractivity contribution in [3.05, 3.63) is 47.6 Å². The van der Waals surface area contributed by atoms with Gasteiger partial charge in [-0.25, -0.2) is 4.79 Å². The van der Waals surface area contributed by atoms with E-state index in [9.17, 15) is 14.7 Å². The Bertz CT molecular complexity index is 1430. The fourth-order valence-electron chi connectivity index (χ4n) is 9.01. The molecule has 3 fully saturated rings. The molecule has 40 heavy (non-hydrogen) atoms. The minimum atomic E-state index is -1.84. The zero-order valence-electron chi connectivity index (χ0n) is 24.3. The summed E-state index contributed by atoms with van der Waals surface area (Å²) in [6.45, 7) is 12.3. The summed E-state index contributed by atoms with van der Waals surface area (Å²) in [5.41, 5.74) is -0.515. The van der Waals surface area contributed by atoms with E-state index < -0.39 is 35.0 Å². The van der Waals surface area contributed by atoms with Gasteiger partial charge in [-0.3, -0.25) is 4.79 Å². The molecule has 212 valence electrons. The molecule has 2 saturated carbocycles. The van der Waals surface area contributed by atoms with Crippen molar-refractivity contribution < 1.29 is 33.6 Å². The molecule has 1 unspecified atom stereocenters. The summed E-state index contributed by atoms with van der Waals surface area (Å²) < 4.78 is 20.4. The fourth-order valence-corrected chi connectivity index (χ4v) is 9.01. The molecule has 1 saturated heterocycles. The molecule has 8 heteroatoms. The van der Waals surface area contributed by atoms with Crippen molar-refractivity contribution in [2.75, 3.05) is 13.7 Å². The lowest BCUT2D eigenvalue weighted by Crippen LogP contribution is -2.68. The van der Waals surface area contributed by atoms with Gasteiger partial charge in [0.25, 0.3) is 0 Å². The Morgan fingerprint density at radius 2 is 1.98 bits per heavy atom. The molecule has 1 spiro atoms. The molecule has 2 bridgehead atoms. The number of carbonyl (C=O) groups excluding carboxylic acids is 2. The van der Waals surface area contributed by atoms with Crippen molar-refractivity contribution in [1.82, 2.24) is 0 Å². The van der Waals surface area contributed by atoms with E-state index in [2.05, 4.69) is 25.9 Å². The number of allylic oxidation sites excluding steroid dienone is 5. The fraction of sp³-hybridized carbons (Fsp3) is 0.625. The average molecular weight is 548 g/mol. The lowest BCUT2D eigenvalue weighted by molar-refractivity contribution is -0.499. The van der Waals surface area contributed by atoms with E-state index in [1.54, 1.807) is 11.7 Å². The van der Waals surface area contributed by atoms with E-state index in [1.165, 1.54) is 0 Å². The number of aliphatic hydroxyl groups is 1. The number of esters is 1. The third-order valence-corrected chi connectivity index (χ3v) is 11.0. The minimum absolute atomic E-state index is 0.00149. The molecule has 8 nitrogen and oxygen atoms in total. The van der Waals surface area contributed by atoms with Gasteiger partial charge >= 0.3 is 11.7 Å². The number of carbonyl (C=O) groups is 2. The van der Waals surface area contributed by atoms with Crippen molar-refractivity contribution >= 4 is 23.2 Å². The van der Waals surface area contributed by atoms with E-state index in [1.807, 2.05) is 57.2 Å². The van der Waals surface area contributed by atoms with Crippen molar-refractivity contribution in [1.29, 1.82) is 0 Å². The molecule has 0 aromatic carbocycles. The zero-order valence-corrected chi connectivity index (χ0v) is 24.3. The summed E-state index contributed by atoms with van der Waals surface area (Å²) in [6, 6.07) is 0. The normalized spacial score (nSPS) is 45.2. The Morgan fingerprint density at radius 3 is 2.73 bits per heavy atom. The van der Waals surface area contributed by atoms with E-state index >= 15 is 0 Å². The van der Waals surface area contributed by atoms with E-state index in [-0.39, 0.29) is 41.5 Å². The van der Waals surface area contributed by atoms with Crippen LogP contribution in [-0.4, -0.2) is 70.2 Å². The maximum atomic E-state index is 14.8. The summed E-state index contributed by atoms with van der Waals surface area (Å²) in [6.07, 6.45) is 10.3. The van der Waals surface area contributed by atoms with Crippen LogP contribution in [0.25, 0.3) is 0 Å². The van der Waals surface area contributed by atoms with Crippen LogP contribution in [0.5, 0.6) is 0 Å². The molecule has 0 aromatic rings. The van der Waals surface area contributed by atoms with Crippen LogP contribution in [0.4, 0.5) is 0 Å². The second-order valence-electron chi connectivity index (χ2n) is 13.9. The Balaban J connectivity index is 1.35. The van der Waals surface area contributed by atoms with E-state index in [0.717, 1.165) is 17.7 Å². The van der Waals surface area contributed by atoms with Crippen LogP contribution < -0.4 is 0 Å². The molecule has 1 N–H and O–H groups in total. The first-order valence-electron chi connectivity index (χ1n) is 14.5. The lowest BCUT2D eigenvalue weighted by atomic mass is 9.59. The molecule has 9 atom stereocenters. The van der Waals surface area contributed by atoms with Crippen LogP contribution in [0.1, 0.15) is 48.0 Å². The Labute approximate surface area is 235 Å². The number of ketones is 1. The first kappa shape index (κ1) is 26.2. The number of rotatable bonds is 2. The molecular weight excluding hydrogens is 508 g/mol. The van der Waals surface area contributed by atoms with Crippen LogP contribution in [0.15, 0.2) is 52.7 Å². The molecule has 0 aromatic heterocycles. The summed E-state index contributed by atoms with van der Waals surface area (Å²) >= 11 is 0. The lowest BCUT2D eigenvalue weighted by Gasteiger charge is -2.52. The van der Waals surface area contributed by atoms with Crippen molar-refractivity contribution in [3.63, 3.8) is 0 Å². The van der Waals surface area contributed by atoms with Gasteiger partial charge in [-0.2, -0.15) is 0 Å². The first-order valence-corrected chi connectivity index (χ1v) is 14.5. The molecule has 7 rings (SSSR count).